The maximum atomic E-state index is 13.1. The van der Waals surface area contributed by atoms with Gasteiger partial charge in [0.1, 0.15) is 0 Å². The van der Waals surface area contributed by atoms with Gasteiger partial charge >= 0.3 is 0 Å². The first-order valence-corrected chi connectivity index (χ1v) is 13.5. The van der Waals surface area contributed by atoms with Gasteiger partial charge in [-0.25, -0.2) is 8.42 Å². The highest BCUT2D eigenvalue weighted by Gasteiger charge is 2.22. The van der Waals surface area contributed by atoms with Crippen molar-refractivity contribution >= 4 is 21.6 Å². The molecule has 6 nitrogen and oxygen atoms in total. The highest BCUT2D eigenvalue weighted by atomic mass is 32.2. The average molecular weight is 492 g/mol. The van der Waals surface area contributed by atoms with E-state index in [0.717, 1.165) is 37.2 Å². The molecule has 0 saturated carbocycles. The molecule has 1 heterocycles. The van der Waals surface area contributed by atoms with Gasteiger partial charge in [-0.3, -0.25) is 14.4 Å². The van der Waals surface area contributed by atoms with E-state index in [0.29, 0.717) is 24.3 Å². The first-order chi connectivity index (χ1) is 16.7. The number of aryl methyl sites for hydroxylation is 2. The molecule has 4 rings (SSSR count). The third-order valence-corrected chi connectivity index (χ3v) is 8.17. The Labute approximate surface area is 208 Å². The molecule has 1 aliphatic heterocycles. The molecule has 3 aromatic rings. The molecule has 1 saturated heterocycles. The Bertz CT molecular complexity index is 1300. The van der Waals surface area contributed by atoms with E-state index >= 15 is 0 Å². The van der Waals surface area contributed by atoms with E-state index < -0.39 is 10.0 Å². The topological polar surface area (TPSA) is 69.7 Å². The maximum absolute atomic E-state index is 13.1. The van der Waals surface area contributed by atoms with Crippen LogP contribution in [0.15, 0.2) is 71.6 Å². The number of anilines is 1. The smallest absolute Gasteiger partial charge is 0.261 e. The summed E-state index contributed by atoms with van der Waals surface area (Å²) < 4.78 is 28.4. The lowest BCUT2D eigenvalue weighted by molar-refractivity contribution is 0.0761. The van der Waals surface area contributed by atoms with Crippen LogP contribution in [0, 0.1) is 20.8 Å². The molecule has 0 aliphatic carbocycles. The van der Waals surface area contributed by atoms with E-state index in [4.69, 9.17) is 0 Å². The minimum atomic E-state index is -3.75. The molecule has 0 radical (unpaired) electrons. The monoisotopic (exact) mass is 491 g/mol. The number of sulfonamides is 1. The predicted octanol–water partition coefficient (Wildman–Crippen LogP) is 4.76. The van der Waals surface area contributed by atoms with Gasteiger partial charge in [-0.1, -0.05) is 36.4 Å². The van der Waals surface area contributed by atoms with E-state index in [1.807, 2.05) is 30.9 Å². The molecule has 0 unspecified atom stereocenters. The third-order valence-electron chi connectivity index (χ3n) is 6.79. The van der Waals surface area contributed by atoms with Crippen LogP contribution in [0.1, 0.15) is 39.0 Å². The van der Waals surface area contributed by atoms with Crippen LogP contribution < -0.4 is 4.72 Å². The molecule has 35 heavy (non-hydrogen) atoms. The van der Waals surface area contributed by atoms with Crippen LogP contribution in [0.25, 0.3) is 0 Å². The van der Waals surface area contributed by atoms with Crippen molar-refractivity contribution in [2.24, 2.45) is 0 Å². The first kappa shape index (κ1) is 24.9. The van der Waals surface area contributed by atoms with Crippen LogP contribution in [0.2, 0.25) is 0 Å². The minimum absolute atomic E-state index is 0.0609. The van der Waals surface area contributed by atoms with Gasteiger partial charge in [0, 0.05) is 38.3 Å². The standard InChI is InChI=1S/C28H33N3O3S/c1-21-9-6-11-27(23(21)3)29-35(33,34)26-14-12-24(13-15-26)28(32)31-17-7-16-30(18-19-31)20-25-10-5-4-8-22(25)2/h4-6,8-15,29H,7,16-20H2,1-3H3. The second-order valence-electron chi connectivity index (χ2n) is 9.23. The van der Waals surface area contributed by atoms with E-state index in [2.05, 4.69) is 40.8 Å². The molecule has 1 fully saturated rings. The van der Waals surface area contributed by atoms with Gasteiger partial charge in [0.05, 0.1) is 10.6 Å². The Morgan fingerprint density at radius 2 is 1.54 bits per heavy atom. The number of rotatable bonds is 6. The van der Waals surface area contributed by atoms with Crippen molar-refractivity contribution in [3.63, 3.8) is 0 Å². The number of amides is 1. The number of nitrogens with zero attached hydrogens (tertiary/aromatic N) is 2. The Hall–Kier alpha value is -3.16. The lowest BCUT2D eigenvalue weighted by Gasteiger charge is -2.23. The first-order valence-electron chi connectivity index (χ1n) is 12.0. The van der Waals surface area contributed by atoms with Gasteiger partial charge in [-0.15, -0.1) is 0 Å². The molecule has 7 heteroatoms. The minimum Gasteiger partial charge on any atom is -0.337 e. The summed E-state index contributed by atoms with van der Waals surface area (Å²) in [6.07, 6.45) is 0.907. The number of benzene rings is 3. The van der Waals surface area contributed by atoms with Crippen LogP contribution in [-0.4, -0.2) is 50.3 Å². The SMILES string of the molecule is Cc1ccccc1CN1CCCN(C(=O)c2ccc(S(=O)(=O)Nc3cccc(C)c3C)cc2)CC1. The Kier molecular flexibility index (Phi) is 7.57. The number of nitrogens with one attached hydrogen (secondary N) is 1. The number of hydrogen-bond donors (Lipinski definition) is 1. The van der Waals surface area contributed by atoms with Crippen molar-refractivity contribution in [1.82, 2.24) is 9.80 Å². The summed E-state index contributed by atoms with van der Waals surface area (Å²) in [6, 6.07) is 20.1. The molecular formula is C28H33N3O3S. The summed E-state index contributed by atoms with van der Waals surface area (Å²) in [5, 5.41) is 0. The van der Waals surface area contributed by atoms with Crippen LogP contribution in [0.3, 0.4) is 0 Å². The number of carbonyl (C=O) groups is 1. The highest BCUT2D eigenvalue weighted by Crippen LogP contribution is 2.23. The summed E-state index contributed by atoms with van der Waals surface area (Å²) >= 11 is 0. The third kappa shape index (κ3) is 5.92. The fraction of sp³-hybridized carbons (Fsp3) is 0.321. The lowest BCUT2D eigenvalue weighted by Crippen LogP contribution is -2.35. The zero-order chi connectivity index (χ0) is 25.0. The second kappa shape index (κ2) is 10.6. The largest absolute Gasteiger partial charge is 0.337 e. The van der Waals surface area contributed by atoms with Crippen LogP contribution in [-0.2, 0) is 16.6 Å². The number of carbonyl (C=O) groups excluding carboxylic acids is 1. The molecular weight excluding hydrogens is 458 g/mol. The van der Waals surface area contributed by atoms with E-state index in [9.17, 15) is 13.2 Å². The fourth-order valence-electron chi connectivity index (χ4n) is 4.39. The molecule has 0 atom stereocenters. The van der Waals surface area contributed by atoms with Gasteiger partial charge < -0.3 is 4.90 Å². The molecule has 184 valence electrons. The Morgan fingerprint density at radius 1 is 0.829 bits per heavy atom. The van der Waals surface area contributed by atoms with Crippen LogP contribution >= 0.6 is 0 Å². The molecule has 0 aromatic heterocycles. The summed E-state index contributed by atoms with van der Waals surface area (Å²) in [5.74, 6) is -0.0609. The van der Waals surface area contributed by atoms with Crippen molar-refractivity contribution in [3.05, 3.63) is 94.5 Å². The molecule has 0 spiro atoms. The highest BCUT2D eigenvalue weighted by molar-refractivity contribution is 7.92. The van der Waals surface area contributed by atoms with E-state index in [-0.39, 0.29) is 10.8 Å². The van der Waals surface area contributed by atoms with Gasteiger partial charge in [-0.2, -0.15) is 0 Å². The molecule has 1 aliphatic rings. The zero-order valence-electron chi connectivity index (χ0n) is 20.6. The average Bonchev–Trinajstić information content (AvgIpc) is 3.09. The summed E-state index contributed by atoms with van der Waals surface area (Å²) in [5.41, 5.74) is 5.57. The zero-order valence-corrected chi connectivity index (χ0v) is 21.4. The second-order valence-corrected chi connectivity index (χ2v) is 10.9. The predicted molar refractivity (Wildman–Crippen MR) is 140 cm³/mol. The normalized spacial score (nSPS) is 15.0. The quantitative estimate of drug-likeness (QED) is 0.540. The van der Waals surface area contributed by atoms with E-state index in [1.54, 1.807) is 18.2 Å². The maximum Gasteiger partial charge on any atom is 0.261 e. The summed E-state index contributed by atoms with van der Waals surface area (Å²) in [6.45, 7) is 9.94. The van der Waals surface area contributed by atoms with Gasteiger partial charge in [0.15, 0.2) is 0 Å². The van der Waals surface area contributed by atoms with Crippen molar-refractivity contribution in [3.8, 4) is 0 Å². The number of hydrogen-bond acceptors (Lipinski definition) is 4. The van der Waals surface area contributed by atoms with Crippen LogP contribution in [0.4, 0.5) is 5.69 Å². The van der Waals surface area contributed by atoms with Gasteiger partial charge in [0.25, 0.3) is 15.9 Å². The van der Waals surface area contributed by atoms with Crippen molar-refractivity contribution in [2.45, 2.75) is 38.6 Å². The molecule has 1 N–H and O–H groups in total. The van der Waals surface area contributed by atoms with Crippen molar-refractivity contribution in [2.75, 3.05) is 30.9 Å². The Morgan fingerprint density at radius 3 is 2.29 bits per heavy atom. The fourth-order valence-corrected chi connectivity index (χ4v) is 5.51. The molecule has 1 amide bonds. The molecule has 3 aromatic carbocycles. The van der Waals surface area contributed by atoms with Crippen molar-refractivity contribution in [1.29, 1.82) is 0 Å². The van der Waals surface area contributed by atoms with Crippen molar-refractivity contribution < 1.29 is 13.2 Å². The van der Waals surface area contributed by atoms with Gasteiger partial charge in [-0.05, 0) is 79.8 Å². The van der Waals surface area contributed by atoms with E-state index in [1.165, 1.54) is 23.3 Å². The molecule has 0 bridgehead atoms. The summed E-state index contributed by atoms with van der Waals surface area (Å²) in [7, 11) is -3.75. The summed E-state index contributed by atoms with van der Waals surface area (Å²) in [4.78, 5) is 17.5. The Balaban J connectivity index is 1.40. The lowest BCUT2D eigenvalue weighted by atomic mass is 10.1. The van der Waals surface area contributed by atoms with Crippen LogP contribution in [0.5, 0.6) is 0 Å². The van der Waals surface area contributed by atoms with Gasteiger partial charge in [0.2, 0.25) is 0 Å².